The molecule has 1 aliphatic carbocycles. The first-order valence-corrected chi connectivity index (χ1v) is 9.28. The van der Waals surface area contributed by atoms with Crippen molar-refractivity contribution < 1.29 is 9.59 Å². The summed E-state index contributed by atoms with van der Waals surface area (Å²) >= 11 is 2.93. The number of hydrogen-bond donors (Lipinski definition) is 2. The van der Waals surface area contributed by atoms with Crippen LogP contribution in [0.5, 0.6) is 0 Å². The average molecular weight is 346 g/mol. The number of nitrogens with one attached hydrogen (secondary N) is 2. The molecule has 2 aromatic heterocycles. The van der Waals surface area contributed by atoms with Gasteiger partial charge in [0.2, 0.25) is 0 Å². The molecule has 0 bridgehead atoms. The molecule has 2 amide bonds. The minimum absolute atomic E-state index is 0.134. The summed E-state index contributed by atoms with van der Waals surface area (Å²) < 4.78 is 0. The number of hydrogen-bond acceptors (Lipinski definition) is 4. The van der Waals surface area contributed by atoms with Gasteiger partial charge in [0.25, 0.3) is 11.8 Å². The fourth-order valence-corrected chi connectivity index (χ4v) is 4.62. The summed E-state index contributed by atoms with van der Waals surface area (Å²) in [6, 6.07) is 3.63. The maximum absolute atomic E-state index is 12.5. The Morgan fingerprint density at radius 1 is 1.26 bits per heavy atom. The highest BCUT2D eigenvalue weighted by molar-refractivity contribution is 7.17. The van der Waals surface area contributed by atoms with Gasteiger partial charge in [0, 0.05) is 11.4 Å². The van der Waals surface area contributed by atoms with E-state index in [2.05, 4.69) is 17.2 Å². The third kappa shape index (κ3) is 3.38. The monoisotopic (exact) mass is 346 g/mol. The van der Waals surface area contributed by atoms with Crippen LogP contribution in [-0.2, 0) is 12.8 Å². The molecule has 23 heavy (non-hydrogen) atoms. The molecule has 3 rings (SSSR count). The van der Waals surface area contributed by atoms with Crippen LogP contribution in [0.3, 0.4) is 0 Å². The molecule has 1 aliphatic rings. The van der Waals surface area contributed by atoms with Crippen molar-refractivity contribution in [1.29, 1.82) is 0 Å². The lowest BCUT2D eigenvalue weighted by Gasteiger charge is -2.12. The smallest absolute Gasteiger partial charge is 0.266 e. The van der Waals surface area contributed by atoms with Crippen LogP contribution >= 0.6 is 22.7 Å². The Balaban J connectivity index is 1.91. The van der Waals surface area contributed by atoms with E-state index in [1.165, 1.54) is 27.6 Å². The number of rotatable bonds is 5. The Morgan fingerprint density at radius 3 is 2.83 bits per heavy atom. The van der Waals surface area contributed by atoms with Crippen LogP contribution in [0, 0.1) is 0 Å². The van der Waals surface area contributed by atoms with Crippen LogP contribution < -0.4 is 10.6 Å². The van der Waals surface area contributed by atoms with Gasteiger partial charge in [-0.2, -0.15) is 0 Å². The lowest BCUT2D eigenvalue weighted by molar-refractivity contribution is 0.0958. The van der Waals surface area contributed by atoms with Gasteiger partial charge < -0.3 is 10.6 Å². The molecule has 0 saturated carbocycles. The van der Waals surface area contributed by atoms with Crippen LogP contribution in [0.25, 0.3) is 0 Å². The van der Waals surface area contributed by atoms with Gasteiger partial charge >= 0.3 is 0 Å². The predicted octanol–water partition coefficient (Wildman–Crippen LogP) is 3.86. The Labute approximate surface area is 143 Å². The zero-order chi connectivity index (χ0) is 16.2. The molecule has 0 aromatic carbocycles. The quantitative estimate of drug-likeness (QED) is 0.808. The summed E-state index contributed by atoms with van der Waals surface area (Å²) in [7, 11) is 0. The Hall–Kier alpha value is -1.92. The third-order valence-electron chi connectivity index (χ3n) is 3.78. The molecule has 0 aliphatic heterocycles. The molecule has 2 heterocycles. The van der Waals surface area contributed by atoms with E-state index >= 15 is 0 Å². The fourth-order valence-electron chi connectivity index (χ4n) is 2.72. The molecule has 2 aromatic rings. The molecule has 120 valence electrons. The summed E-state index contributed by atoms with van der Waals surface area (Å²) in [6.07, 6.45) is 5.76. The van der Waals surface area contributed by atoms with Gasteiger partial charge in [0.05, 0.1) is 10.4 Å². The van der Waals surface area contributed by atoms with Gasteiger partial charge in [-0.05, 0) is 42.7 Å². The molecule has 6 heteroatoms. The van der Waals surface area contributed by atoms with Gasteiger partial charge in [0.1, 0.15) is 5.00 Å². The van der Waals surface area contributed by atoms with Crippen molar-refractivity contribution in [2.24, 2.45) is 0 Å². The molecule has 0 spiro atoms. The van der Waals surface area contributed by atoms with Crippen molar-refractivity contribution in [3.63, 3.8) is 0 Å². The van der Waals surface area contributed by atoms with Crippen LogP contribution in [0.4, 0.5) is 5.00 Å². The molecule has 4 nitrogen and oxygen atoms in total. The summed E-state index contributed by atoms with van der Waals surface area (Å²) in [5.74, 6) is -0.290. The van der Waals surface area contributed by atoms with Gasteiger partial charge in [-0.15, -0.1) is 29.3 Å². The van der Waals surface area contributed by atoms with E-state index in [1.54, 1.807) is 12.1 Å². The van der Waals surface area contributed by atoms with Crippen LogP contribution in [0.15, 0.2) is 30.2 Å². The Kier molecular flexibility index (Phi) is 4.93. The minimum atomic E-state index is -0.156. The van der Waals surface area contributed by atoms with Crippen molar-refractivity contribution in [3.05, 3.63) is 51.0 Å². The van der Waals surface area contributed by atoms with E-state index in [0.29, 0.717) is 22.0 Å². The van der Waals surface area contributed by atoms with E-state index in [1.807, 2.05) is 11.4 Å². The summed E-state index contributed by atoms with van der Waals surface area (Å²) in [4.78, 5) is 26.7. The predicted molar refractivity (Wildman–Crippen MR) is 95.8 cm³/mol. The Bertz CT molecular complexity index is 732. The van der Waals surface area contributed by atoms with E-state index in [9.17, 15) is 9.59 Å². The van der Waals surface area contributed by atoms with E-state index in [-0.39, 0.29) is 11.8 Å². The maximum atomic E-state index is 12.5. The maximum Gasteiger partial charge on any atom is 0.266 e. The highest BCUT2D eigenvalue weighted by Gasteiger charge is 2.26. The Morgan fingerprint density at radius 2 is 2.09 bits per heavy atom. The summed E-state index contributed by atoms with van der Waals surface area (Å²) in [5.41, 5.74) is 1.74. The number of thiophene rings is 2. The lowest BCUT2D eigenvalue weighted by Crippen LogP contribution is -2.25. The van der Waals surface area contributed by atoms with Gasteiger partial charge in [-0.1, -0.05) is 12.1 Å². The number of fused-ring (bicyclic) bond motifs is 1. The molecule has 0 saturated heterocycles. The van der Waals surface area contributed by atoms with Gasteiger partial charge in [-0.25, -0.2) is 0 Å². The first kappa shape index (κ1) is 16.0. The molecule has 2 N–H and O–H groups in total. The van der Waals surface area contributed by atoms with Crippen LogP contribution in [0.1, 0.15) is 43.3 Å². The first-order chi connectivity index (χ1) is 11.2. The molecule has 0 radical (unpaired) electrons. The highest BCUT2D eigenvalue weighted by Crippen LogP contribution is 2.38. The van der Waals surface area contributed by atoms with E-state index in [4.69, 9.17) is 0 Å². The topological polar surface area (TPSA) is 58.2 Å². The van der Waals surface area contributed by atoms with E-state index < -0.39 is 0 Å². The number of carbonyl (C=O) groups is 2. The highest BCUT2D eigenvalue weighted by atomic mass is 32.1. The van der Waals surface area contributed by atoms with E-state index in [0.717, 1.165) is 31.2 Å². The summed E-state index contributed by atoms with van der Waals surface area (Å²) in [5, 5.41) is 8.30. The SMILES string of the molecule is C=CCNC(=O)c1c(NC(=O)c2cccs2)sc2c1CCCC2. The van der Waals surface area contributed by atoms with Crippen molar-refractivity contribution in [3.8, 4) is 0 Å². The third-order valence-corrected chi connectivity index (χ3v) is 5.85. The first-order valence-electron chi connectivity index (χ1n) is 7.59. The van der Waals surface area contributed by atoms with Crippen molar-refractivity contribution in [2.45, 2.75) is 25.7 Å². The second-order valence-electron chi connectivity index (χ2n) is 5.35. The number of amides is 2. The van der Waals surface area contributed by atoms with Crippen molar-refractivity contribution >= 4 is 39.5 Å². The zero-order valence-corrected chi connectivity index (χ0v) is 14.3. The standard InChI is InChI=1S/C17H18N2O2S2/c1-2-9-18-16(21)14-11-6-3-4-7-12(11)23-17(14)19-15(20)13-8-5-10-22-13/h2,5,8,10H,1,3-4,6-7,9H2,(H,18,21)(H,19,20). The van der Waals surface area contributed by atoms with Crippen LogP contribution in [0.2, 0.25) is 0 Å². The molecule has 0 unspecified atom stereocenters. The zero-order valence-electron chi connectivity index (χ0n) is 12.7. The average Bonchev–Trinajstić information content (AvgIpc) is 3.19. The number of anilines is 1. The van der Waals surface area contributed by atoms with Crippen molar-refractivity contribution in [1.82, 2.24) is 5.32 Å². The van der Waals surface area contributed by atoms with Gasteiger partial charge in [0.15, 0.2) is 0 Å². The number of aryl methyl sites for hydroxylation is 1. The number of carbonyl (C=O) groups excluding carboxylic acids is 2. The molecular formula is C17H18N2O2S2. The van der Waals surface area contributed by atoms with Crippen LogP contribution in [-0.4, -0.2) is 18.4 Å². The minimum Gasteiger partial charge on any atom is -0.348 e. The van der Waals surface area contributed by atoms with Crippen molar-refractivity contribution in [2.75, 3.05) is 11.9 Å². The van der Waals surface area contributed by atoms with Gasteiger partial charge in [-0.3, -0.25) is 9.59 Å². The molecule has 0 atom stereocenters. The normalized spacial score (nSPS) is 13.2. The largest absolute Gasteiger partial charge is 0.348 e. The fraction of sp³-hybridized carbons (Fsp3) is 0.294. The summed E-state index contributed by atoms with van der Waals surface area (Å²) in [6.45, 7) is 4.04. The lowest BCUT2D eigenvalue weighted by atomic mass is 9.95. The molecular weight excluding hydrogens is 328 g/mol. The second-order valence-corrected chi connectivity index (χ2v) is 7.40. The second kappa shape index (κ2) is 7.10. The molecule has 0 fully saturated rings.